The van der Waals surface area contributed by atoms with E-state index >= 15 is 0 Å². The number of benzene rings is 2. The smallest absolute Gasteiger partial charge is 0.191 e. The predicted octanol–water partition coefficient (Wildman–Crippen LogP) is 4.72. The average molecular weight is 399 g/mol. The molecule has 1 aromatic heterocycles. The van der Waals surface area contributed by atoms with Crippen molar-refractivity contribution in [3.8, 4) is 0 Å². The molecule has 4 nitrogen and oxygen atoms in total. The molecule has 1 heterocycles. The van der Waals surface area contributed by atoms with Crippen LogP contribution in [0.15, 0.2) is 76.9 Å². The maximum absolute atomic E-state index is 13.8. The first-order valence-corrected chi connectivity index (χ1v) is 9.91. The largest absolute Gasteiger partial charge is 0.342 e. The van der Waals surface area contributed by atoms with Gasteiger partial charge in [-0.3, -0.25) is 5.43 Å². The molecule has 0 radical (unpaired) electrons. The topological polar surface area (TPSA) is 41.4 Å². The lowest BCUT2D eigenvalue weighted by Gasteiger charge is -2.09. The molecule has 138 valence electrons. The third-order valence-electron chi connectivity index (χ3n) is 3.85. The molecule has 0 saturated carbocycles. The van der Waals surface area contributed by atoms with Crippen molar-refractivity contribution in [2.24, 2.45) is 5.10 Å². The van der Waals surface area contributed by atoms with Crippen LogP contribution in [0.3, 0.4) is 0 Å². The van der Waals surface area contributed by atoms with Gasteiger partial charge in [-0.05, 0) is 54.9 Å². The summed E-state index contributed by atoms with van der Waals surface area (Å²) in [5.74, 6) is -0.218. The van der Waals surface area contributed by atoms with E-state index in [4.69, 9.17) is 12.2 Å². The van der Waals surface area contributed by atoms with Gasteiger partial charge in [0.15, 0.2) is 5.11 Å². The van der Waals surface area contributed by atoms with E-state index in [1.165, 1.54) is 6.07 Å². The normalized spacial score (nSPS) is 10.9. The van der Waals surface area contributed by atoms with Crippen LogP contribution in [-0.4, -0.2) is 22.1 Å². The zero-order valence-electron chi connectivity index (χ0n) is 14.7. The number of halogens is 1. The van der Waals surface area contributed by atoms with Crippen LogP contribution in [0.5, 0.6) is 0 Å². The number of anilines is 1. The van der Waals surface area contributed by atoms with Crippen molar-refractivity contribution in [1.29, 1.82) is 0 Å². The van der Waals surface area contributed by atoms with Crippen LogP contribution in [0.25, 0.3) is 0 Å². The third kappa shape index (κ3) is 5.42. The van der Waals surface area contributed by atoms with Gasteiger partial charge < -0.3 is 9.88 Å². The average Bonchev–Trinajstić information content (AvgIpc) is 3.11. The van der Waals surface area contributed by atoms with E-state index in [2.05, 4.69) is 15.8 Å². The first-order chi connectivity index (χ1) is 13.2. The van der Waals surface area contributed by atoms with E-state index in [9.17, 15) is 4.39 Å². The van der Waals surface area contributed by atoms with Gasteiger partial charge in [-0.1, -0.05) is 24.3 Å². The summed E-state index contributed by atoms with van der Waals surface area (Å²) in [6.45, 7) is 0.436. The molecule has 0 aliphatic rings. The molecule has 0 bridgehead atoms. The summed E-state index contributed by atoms with van der Waals surface area (Å²) in [4.78, 5) is 1.15. The molecule has 3 rings (SSSR count). The molecule has 0 unspecified atom stereocenters. The fraction of sp³-hybridized carbons (Fsp3) is 0.100. The Bertz CT molecular complexity index is 952. The van der Waals surface area contributed by atoms with Crippen LogP contribution < -0.4 is 10.7 Å². The van der Waals surface area contributed by atoms with Crippen molar-refractivity contribution in [2.75, 3.05) is 11.6 Å². The molecular weight excluding hydrogens is 379 g/mol. The summed E-state index contributed by atoms with van der Waals surface area (Å²) in [5.41, 5.74) is 5.18. The van der Waals surface area contributed by atoms with E-state index in [1.54, 1.807) is 30.1 Å². The number of thioether (sulfide) groups is 1. The third-order valence-corrected chi connectivity index (χ3v) is 4.77. The highest BCUT2D eigenvalue weighted by Gasteiger charge is 2.04. The zero-order chi connectivity index (χ0) is 19.1. The molecule has 0 aliphatic carbocycles. The van der Waals surface area contributed by atoms with Gasteiger partial charge in [0, 0.05) is 22.3 Å². The molecule has 2 N–H and O–H groups in total. The maximum Gasteiger partial charge on any atom is 0.191 e. The quantitative estimate of drug-likeness (QED) is 0.273. The number of nitrogens with zero attached hydrogens (tertiary/aromatic N) is 2. The number of hydrazone groups is 1. The van der Waals surface area contributed by atoms with Gasteiger partial charge in [0.2, 0.25) is 0 Å². The molecule has 3 aromatic rings. The van der Waals surface area contributed by atoms with E-state index < -0.39 is 0 Å². The molecular formula is C20H19FN4S2. The number of hydrogen-bond donors (Lipinski definition) is 2. The van der Waals surface area contributed by atoms with Gasteiger partial charge in [-0.15, -0.1) is 11.8 Å². The van der Waals surface area contributed by atoms with Gasteiger partial charge in [0.25, 0.3) is 0 Å². The minimum absolute atomic E-state index is 0.218. The minimum Gasteiger partial charge on any atom is -0.342 e. The number of hydrogen-bond acceptors (Lipinski definition) is 3. The van der Waals surface area contributed by atoms with E-state index in [1.807, 2.05) is 59.5 Å². The summed E-state index contributed by atoms with van der Waals surface area (Å²) in [6.07, 6.45) is 5.57. The van der Waals surface area contributed by atoms with Crippen LogP contribution in [0.4, 0.5) is 10.1 Å². The number of aromatic nitrogens is 1. The Morgan fingerprint density at radius 1 is 1.19 bits per heavy atom. The van der Waals surface area contributed by atoms with Gasteiger partial charge in [-0.2, -0.15) is 5.10 Å². The first kappa shape index (κ1) is 19.1. The fourth-order valence-electron chi connectivity index (χ4n) is 2.52. The fourth-order valence-corrected chi connectivity index (χ4v) is 3.15. The van der Waals surface area contributed by atoms with Crippen LogP contribution in [0.1, 0.15) is 11.3 Å². The molecule has 7 heteroatoms. The Kier molecular flexibility index (Phi) is 6.62. The molecule has 0 aliphatic heterocycles. The van der Waals surface area contributed by atoms with Crippen molar-refractivity contribution in [2.45, 2.75) is 11.4 Å². The summed E-state index contributed by atoms with van der Waals surface area (Å²) in [7, 11) is 0. The summed E-state index contributed by atoms with van der Waals surface area (Å²) < 4.78 is 15.8. The molecule has 0 fully saturated rings. The lowest BCUT2D eigenvalue weighted by Crippen LogP contribution is -2.24. The van der Waals surface area contributed by atoms with E-state index in [-0.39, 0.29) is 5.82 Å². The lowest BCUT2D eigenvalue weighted by molar-refractivity contribution is 0.599. The first-order valence-electron chi connectivity index (χ1n) is 8.28. The number of nitrogens with one attached hydrogen (secondary N) is 2. The van der Waals surface area contributed by atoms with Crippen molar-refractivity contribution >= 4 is 41.0 Å². The number of thiocarbonyl (C=S) groups is 1. The Morgan fingerprint density at radius 3 is 2.85 bits per heavy atom. The molecule has 0 atom stereocenters. The van der Waals surface area contributed by atoms with Gasteiger partial charge in [0.1, 0.15) is 5.82 Å². The Morgan fingerprint density at radius 2 is 2.04 bits per heavy atom. The second-order valence-electron chi connectivity index (χ2n) is 5.71. The Hall–Kier alpha value is -2.64. The van der Waals surface area contributed by atoms with Crippen molar-refractivity contribution < 1.29 is 4.39 Å². The second kappa shape index (κ2) is 9.34. The van der Waals surface area contributed by atoms with Crippen LogP contribution in [-0.2, 0) is 6.54 Å². The Labute approximate surface area is 167 Å². The summed E-state index contributed by atoms with van der Waals surface area (Å²) in [6, 6.07) is 18.5. The number of rotatable bonds is 6. The monoisotopic (exact) mass is 398 g/mol. The highest BCUT2D eigenvalue weighted by atomic mass is 32.2. The minimum atomic E-state index is -0.218. The maximum atomic E-state index is 13.8. The van der Waals surface area contributed by atoms with Gasteiger partial charge in [0.05, 0.1) is 18.5 Å². The zero-order valence-corrected chi connectivity index (χ0v) is 16.4. The van der Waals surface area contributed by atoms with Crippen molar-refractivity contribution in [3.63, 3.8) is 0 Å². The van der Waals surface area contributed by atoms with Crippen molar-refractivity contribution in [1.82, 2.24) is 9.99 Å². The van der Waals surface area contributed by atoms with Gasteiger partial charge in [-0.25, -0.2) is 4.39 Å². The van der Waals surface area contributed by atoms with Gasteiger partial charge >= 0.3 is 0 Å². The van der Waals surface area contributed by atoms with Crippen LogP contribution in [0, 0.1) is 5.82 Å². The Balaban J connectivity index is 1.59. The summed E-state index contributed by atoms with van der Waals surface area (Å²) >= 11 is 6.93. The lowest BCUT2D eigenvalue weighted by atomic mass is 10.2. The summed E-state index contributed by atoms with van der Waals surface area (Å²) in [5, 5.41) is 7.67. The molecule has 0 spiro atoms. The SMILES string of the molecule is CSc1cccc(NC(=S)N/N=C/c2cccn2Cc2ccccc2F)c1. The van der Waals surface area contributed by atoms with Crippen molar-refractivity contribution in [3.05, 3.63) is 83.9 Å². The second-order valence-corrected chi connectivity index (χ2v) is 7.00. The molecule has 27 heavy (non-hydrogen) atoms. The van der Waals surface area contributed by atoms with Crippen LogP contribution in [0.2, 0.25) is 0 Å². The van der Waals surface area contributed by atoms with Crippen LogP contribution >= 0.6 is 24.0 Å². The van der Waals surface area contributed by atoms with E-state index in [0.29, 0.717) is 17.2 Å². The molecule has 0 saturated heterocycles. The molecule has 2 aromatic carbocycles. The highest BCUT2D eigenvalue weighted by molar-refractivity contribution is 7.98. The predicted molar refractivity (Wildman–Crippen MR) is 115 cm³/mol. The standard InChI is InChI=1S/C20H19FN4S2/c1-27-18-9-4-7-16(12-18)23-20(26)24-22-13-17-8-5-11-25(17)14-15-6-2-3-10-19(15)21/h2-13H,14H2,1H3,(H2,23,24,26)/b22-13+. The highest BCUT2D eigenvalue weighted by Crippen LogP contribution is 2.18. The van der Waals surface area contributed by atoms with E-state index in [0.717, 1.165) is 16.3 Å². The molecule has 0 amide bonds.